The van der Waals surface area contributed by atoms with Crippen LogP contribution in [-0.2, 0) is 13.1 Å². The lowest BCUT2D eigenvalue weighted by atomic mass is 10.2. The van der Waals surface area contributed by atoms with Crippen LogP contribution in [0.2, 0.25) is 0 Å². The largest absolute Gasteiger partial charge is 0.366 e. The molecule has 0 spiro atoms. The fourth-order valence-corrected chi connectivity index (χ4v) is 3.40. The van der Waals surface area contributed by atoms with E-state index in [9.17, 15) is 0 Å². The smallest absolute Gasteiger partial charge is 0.140 e. The van der Waals surface area contributed by atoms with Crippen molar-refractivity contribution in [3.8, 4) is 11.4 Å². The number of hydrogen-bond acceptors (Lipinski definition) is 2. The summed E-state index contributed by atoms with van der Waals surface area (Å²) in [4.78, 5) is 7.29. The van der Waals surface area contributed by atoms with Crippen LogP contribution in [0.4, 0.5) is 5.69 Å². The van der Waals surface area contributed by atoms with E-state index in [2.05, 4.69) is 90.2 Å². The number of anilines is 1. The molecule has 27 heavy (non-hydrogen) atoms. The van der Waals surface area contributed by atoms with E-state index in [4.69, 9.17) is 4.98 Å². The van der Waals surface area contributed by atoms with Gasteiger partial charge in [0.15, 0.2) is 0 Å². The summed E-state index contributed by atoms with van der Waals surface area (Å²) >= 11 is 0. The number of imidazole rings is 1. The van der Waals surface area contributed by atoms with Crippen molar-refractivity contribution in [2.75, 3.05) is 11.4 Å². The predicted octanol–water partition coefficient (Wildman–Crippen LogP) is 6.16. The third-order valence-corrected chi connectivity index (χ3v) is 4.96. The van der Waals surface area contributed by atoms with E-state index in [1.165, 1.54) is 42.6 Å². The number of benzene rings is 2. The number of hydrogen-bond donors (Lipinski definition) is 0. The van der Waals surface area contributed by atoms with Gasteiger partial charge in [-0.1, -0.05) is 75.2 Å². The maximum absolute atomic E-state index is 4.80. The van der Waals surface area contributed by atoms with Gasteiger partial charge in [0.2, 0.25) is 0 Å². The Morgan fingerprint density at radius 3 is 2.19 bits per heavy atom. The molecule has 0 saturated heterocycles. The fourth-order valence-electron chi connectivity index (χ4n) is 3.40. The van der Waals surface area contributed by atoms with Gasteiger partial charge in [-0.3, -0.25) is 0 Å². The summed E-state index contributed by atoms with van der Waals surface area (Å²) in [6, 6.07) is 21.3. The lowest BCUT2D eigenvalue weighted by Crippen LogP contribution is -2.25. The topological polar surface area (TPSA) is 21.1 Å². The van der Waals surface area contributed by atoms with Gasteiger partial charge in [-0.25, -0.2) is 4.98 Å². The first kappa shape index (κ1) is 19.2. The highest BCUT2D eigenvalue weighted by Gasteiger charge is 2.15. The molecule has 0 bridgehead atoms. The molecule has 3 heteroatoms. The third kappa shape index (κ3) is 5.00. The summed E-state index contributed by atoms with van der Waals surface area (Å²) in [7, 11) is 0. The van der Waals surface area contributed by atoms with Gasteiger partial charge in [0.05, 0.1) is 18.4 Å². The summed E-state index contributed by atoms with van der Waals surface area (Å²) in [5, 5.41) is 0. The summed E-state index contributed by atoms with van der Waals surface area (Å²) < 4.78 is 2.42. The van der Waals surface area contributed by atoms with Gasteiger partial charge >= 0.3 is 0 Å². The van der Waals surface area contributed by atoms with Crippen molar-refractivity contribution in [2.24, 2.45) is 0 Å². The molecule has 0 amide bonds. The number of rotatable bonds is 10. The second kappa shape index (κ2) is 9.96. The van der Waals surface area contributed by atoms with Crippen molar-refractivity contribution in [1.82, 2.24) is 9.55 Å². The van der Waals surface area contributed by atoms with Crippen LogP contribution in [0.1, 0.15) is 45.2 Å². The zero-order valence-corrected chi connectivity index (χ0v) is 16.6. The Kier molecular flexibility index (Phi) is 7.09. The average molecular weight is 362 g/mol. The standard InChI is InChI=1S/C24H31N3/c1-3-5-17-26(22-15-11-8-12-16-22)20-23-19-25-24(27(23)18-6-4-2)21-13-9-7-10-14-21/h7-16,19H,3-6,17-18,20H2,1-2H3. The van der Waals surface area contributed by atoms with E-state index in [0.29, 0.717) is 0 Å². The highest BCUT2D eigenvalue weighted by atomic mass is 15.2. The van der Waals surface area contributed by atoms with Crippen LogP contribution in [0.5, 0.6) is 0 Å². The Hall–Kier alpha value is -2.55. The summed E-state index contributed by atoms with van der Waals surface area (Å²) in [6.07, 6.45) is 6.82. The zero-order valence-electron chi connectivity index (χ0n) is 16.6. The van der Waals surface area contributed by atoms with Crippen LogP contribution in [0, 0.1) is 0 Å². The molecule has 3 rings (SSSR count). The van der Waals surface area contributed by atoms with Crippen molar-refractivity contribution < 1.29 is 0 Å². The monoisotopic (exact) mass is 361 g/mol. The maximum atomic E-state index is 4.80. The highest BCUT2D eigenvalue weighted by Crippen LogP contribution is 2.23. The Labute approximate surface area is 163 Å². The first-order chi connectivity index (χ1) is 13.3. The predicted molar refractivity (Wildman–Crippen MR) is 115 cm³/mol. The Balaban J connectivity index is 1.90. The van der Waals surface area contributed by atoms with Crippen LogP contribution in [-0.4, -0.2) is 16.1 Å². The van der Waals surface area contributed by atoms with Gasteiger partial charge in [-0.15, -0.1) is 0 Å². The van der Waals surface area contributed by atoms with Crippen molar-refractivity contribution in [3.63, 3.8) is 0 Å². The molecule has 3 aromatic rings. The number of unbranched alkanes of at least 4 members (excludes halogenated alkanes) is 2. The van der Waals surface area contributed by atoms with Gasteiger partial charge < -0.3 is 9.47 Å². The van der Waals surface area contributed by atoms with Gasteiger partial charge in [-0.05, 0) is 25.0 Å². The minimum Gasteiger partial charge on any atom is -0.366 e. The summed E-state index contributed by atoms with van der Waals surface area (Å²) in [5.74, 6) is 1.09. The van der Waals surface area contributed by atoms with Gasteiger partial charge in [-0.2, -0.15) is 0 Å². The molecule has 0 aliphatic rings. The van der Waals surface area contributed by atoms with E-state index in [1.54, 1.807) is 0 Å². The Morgan fingerprint density at radius 2 is 1.52 bits per heavy atom. The van der Waals surface area contributed by atoms with Gasteiger partial charge in [0.25, 0.3) is 0 Å². The minimum atomic E-state index is 0.896. The molecule has 0 N–H and O–H groups in total. The fraction of sp³-hybridized carbons (Fsp3) is 0.375. The molecule has 0 radical (unpaired) electrons. The first-order valence-electron chi connectivity index (χ1n) is 10.2. The number of para-hydroxylation sites is 1. The Bertz CT molecular complexity index is 793. The second-order valence-electron chi connectivity index (χ2n) is 7.06. The molecular weight excluding hydrogens is 330 g/mol. The molecule has 1 aromatic heterocycles. The number of nitrogens with zero attached hydrogens (tertiary/aromatic N) is 3. The molecule has 0 unspecified atom stereocenters. The van der Waals surface area contributed by atoms with E-state index in [0.717, 1.165) is 25.5 Å². The van der Waals surface area contributed by atoms with Crippen molar-refractivity contribution in [3.05, 3.63) is 72.6 Å². The quantitative estimate of drug-likeness (QED) is 0.431. The normalized spacial score (nSPS) is 10.9. The van der Waals surface area contributed by atoms with Crippen molar-refractivity contribution in [1.29, 1.82) is 0 Å². The van der Waals surface area contributed by atoms with Crippen LogP contribution >= 0.6 is 0 Å². The molecule has 0 atom stereocenters. The molecule has 0 aliphatic heterocycles. The van der Waals surface area contributed by atoms with E-state index in [1.807, 2.05) is 0 Å². The van der Waals surface area contributed by atoms with Crippen LogP contribution in [0.3, 0.4) is 0 Å². The third-order valence-electron chi connectivity index (χ3n) is 4.96. The lowest BCUT2D eigenvalue weighted by Gasteiger charge is -2.25. The van der Waals surface area contributed by atoms with Gasteiger partial charge in [0, 0.05) is 24.3 Å². The minimum absolute atomic E-state index is 0.896. The molecule has 0 fully saturated rings. The van der Waals surface area contributed by atoms with Crippen LogP contribution < -0.4 is 4.90 Å². The Morgan fingerprint density at radius 1 is 0.852 bits per heavy atom. The second-order valence-corrected chi connectivity index (χ2v) is 7.06. The van der Waals surface area contributed by atoms with Gasteiger partial charge in [0.1, 0.15) is 5.82 Å². The van der Waals surface area contributed by atoms with E-state index < -0.39 is 0 Å². The lowest BCUT2D eigenvalue weighted by molar-refractivity contribution is 0.601. The molecule has 2 aromatic carbocycles. The van der Waals surface area contributed by atoms with Crippen LogP contribution in [0.15, 0.2) is 66.9 Å². The molecule has 0 aliphatic carbocycles. The molecule has 0 saturated carbocycles. The molecule has 3 nitrogen and oxygen atoms in total. The van der Waals surface area contributed by atoms with Crippen molar-refractivity contribution in [2.45, 2.75) is 52.6 Å². The maximum Gasteiger partial charge on any atom is 0.140 e. The zero-order chi connectivity index (χ0) is 18.9. The van der Waals surface area contributed by atoms with E-state index >= 15 is 0 Å². The van der Waals surface area contributed by atoms with Crippen molar-refractivity contribution >= 4 is 5.69 Å². The average Bonchev–Trinajstić information content (AvgIpc) is 3.13. The SMILES string of the molecule is CCCCN(Cc1cnc(-c2ccccc2)n1CCCC)c1ccccc1. The van der Waals surface area contributed by atoms with Crippen LogP contribution in [0.25, 0.3) is 11.4 Å². The summed E-state index contributed by atoms with van der Waals surface area (Å²) in [6.45, 7) is 7.48. The molecular formula is C24H31N3. The molecule has 1 heterocycles. The number of aromatic nitrogens is 2. The first-order valence-corrected chi connectivity index (χ1v) is 10.2. The molecule has 142 valence electrons. The summed E-state index contributed by atoms with van der Waals surface area (Å²) in [5.41, 5.74) is 3.78. The van der Waals surface area contributed by atoms with E-state index in [-0.39, 0.29) is 0 Å². The highest BCUT2D eigenvalue weighted by molar-refractivity contribution is 5.56.